The molecule has 1 heterocycles. The van der Waals surface area contributed by atoms with Gasteiger partial charge in [-0.15, -0.1) is 4.48 Å². The monoisotopic (exact) mass is 333 g/mol. The average molecular weight is 333 g/mol. The van der Waals surface area contributed by atoms with Crippen LogP contribution in [0.2, 0.25) is 0 Å². The van der Waals surface area contributed by atoms with Crippen molar-refractivity contribution in [1.82, 2.24) is 4.57 Å². The molecule has 0 atom stereocenters. The van der Waals surface area contributed by atoms with Crippen LogP contribution in [0, 0.1) is 6.92 Å². The highest BCUT2D eigenvalue weighted by molar-refractivity contribution is 5.77. The maximum atomic E-state index is 13.7. The van der Waals surface area contributed by atoms with Gasteiger partial charge in [0.05, 0.1) is 18.0 Å². The van der Waals surface area contributed by atoms with Gasteiger partial charge in [0.2, 0.25) is 0 Å². The molecule has 1 aromatic heterocycles. The van der Waals surface area contributed by atoms with Crippen LogP contribution >= 0.6 is 0 Å². The fourth-order valence-electron chi connectivity index (χ4n) is 2.56. The number of nitrogens with one attached hydrogen (secondary N) is 1. The van der Waals surface area contributed by atoms with E-state index in [0.29, 0.717) is 41.8 Å². The van der Waals surface area contributed by atoms with Crippen LogP contribution in [0.5, 0.6) is 0 Å². The van der Waals surface area contributed by atoms with E-state index in [9.17, 15) is 9.28 Å². The van der Waals surface area contributed by atoms with Gasteiger partial charge in [0.15, 0.2) is 0 Å². The molecule has 0 bridgehead atoms. The second kappa shape index (κ2) is 7.97. The first-order valence-electron chi connectivity index (χ1n) is 7.97. The van der Waals surface area contributed by atoms with Crippen LogP contribution in [0.25, 0.3) is 11.1 Å². The molecular formula is C18H24FN3O2. The van der Waals surface area contributed by atoms with Gasteiger partial charge in [-0.2, -0.15) is 0 Å². The van der Waals surface area contributed by atoms with E-state index in [2.05, 4.69) is 5.32 Å². The summed E-state index contributed by atoms with van der Waals surface area (Å²) in [6, 6.07) is 7.30. The summed E-state index contributed by atoms with van der Waals surface area (Å²) < 4.78 is 20.6. The van der Waals surface area contributed by atoms with Crippen LogP contribution in [-0.4, -0.2) is 31.4 Å². The molecule has 1 aromatic carbocycles. The predicted octanol–water partition coefficient (Wildman–Crippen LogP) is 3.13. The zero-order valence-corrected chi connectivity index (χ0v) is 14.6. The van der Waals surface area contributed by atoms with Crippen LogP contribution in [0.15, 0.2) is 35.3 Å². The number of hydrogen-bond acceptors (Lipinski definition) is 4. The third-order valence-corrected chi connectivity index (χ3v) is 3.79. The van der Waals surface area contributed by atoms with Gasteiger partial charge in [-0.05, 0) is 43.2 Å². The first-order chi connectivity index (χ1) is 11.4. The SMILES string of the molecule is CCOCCNc1cc(-c2cc(C)c(=O)n(C)c2)ccc1N(C)F. The van der Waals surface area contributed by atoms with Gasteiger partial charge in [0.1, 0.15) is 0 Å². The Morgan fingerprint density at radius 2 is 2.04 bits per heavy atom. The number of aromatic nitrogens is 1. The van der Waals surface area contributed by atoms with Crippen molar-refractivity contribution in [3.05, 3.63) is 46.4 Å². The highest BCUT2D eigenvalue weighted by Crippen LogP contribution is 2.31. The Morgan fingerprint density at radius 1 is 1.29 bits per heavy atom. The van der Waals surface area contributed by atoms with Gasteiger partial charge >= 0.3 is 0 Å². The number of pyridine rings is 1. The molecule has 0 unspecified atom stereocenters. The summed E-state index contributed by atoms with van der Waals surface area (Å²) in [4.78, 5) is 11.8. The van der Waals surface area contributed by atoms with Crippen molar-refractivity contribution in [1.29, 1.82) is 0 Å². The van der Waals surface area contributed by atoms with Crippen molar-refractivity contribution in [3.8, 4) is 11.1 Å². The van der Waals surface area contributed by atoms with E-state index < -0.39 is 0 Å². The molecule has 2 aromatic rings. The molecule has 5 nitrogen and oxygen atoms in total. The Balaban J connectivity index is 2.36. The fraction of sp³-hybridized carbons (Fsp3) is 0.389. The minimum Gasteiger partial charge on any atom is -0.381 e. The van der Waals surface area contributed by atoms with E-state index in [0.717, 1.165) is 11.1 Å². The summed E-state index contributed by atoms with van der Waals surface area (Å²) in [5.41, 5.74) is 3.62. The molecule has 6 heteroatoms. The molecule has 24 heavy (non-hydrogen) atoms. The van der Waals surface area contributed by atoms with Crippen molar-refractivity contribution < 1.29 is 9.22 Å². The largest absolute Gasteiger partial charge is 0.381 e. The lowest BCUT2D eigenvalue weighted by Gasteiger charge is -2.17. The standard InChI is InChI=1S/C18H24FN3O2/c1-5-24-9-8-20-16-11-14(6-7-17(16)22(4)19)15-10-13(2)18(23)21(3)12-15/h6-7,10-12,20H,5,8-9H2,1-4H3. The number of aryl methyl sites for hydroxylation is 2. The molecule has 0 saturated heterocycles. The maximum Gasteiger partial charge on any atom is 0.253 e. The predicted molar refractivity (Wildman–Crippen MR) is 96.3 cm³/mol. The van der Waals surface area contributed by atoms with E-state index in [1.807, 2.05) is 25.1 Å². The van der Waals surface area contributed by atoms with Gasteiger partial charge in [-0.1, -0.05) is 6.07 Å². The quantitative estimate of drug-likeness (QED) is 0.625. The lowest BCUT2D eigenvalue weighted by atomic mass is 10.0. The van der Waals surface area contributed by atoms with Gasteiger partial charge in [0.25, 0.3) is 5.56 Å². The number of nitrogens with zero attached hydrogens (tertiary/aromatic N) is 2. The summed E-state index contributed by atoms with van der Waals surface area (Å²) in [5, 5.41) is 3.79. The Kier molecular flexibility index (Phi) is 5.98. The fourth-order valence-corrected chi connectivity index (χ4v) is 2.56. The molecular weight excluding hydrogens is 309 g/mol. The highest BCUT2D eigenvalue weighted by atomic mass is 19.2. The third kappa shape index (κ3) is 4.14. The summed E-state index contributed by atoms with van der Waals surface area (Å²) >= 11 is 0. The number of halogens is 1. The number of ether oxygens (including phenoxy) is 1. The number of hydrogen-bond donors (Lipinski definition) is 1. The third-order valence-electron chi connectivity index (χ3n) is 3.79. The zero-order chi connectivity index (χ0) is 17.7. The first-order valence-corrected chi connectivity index (χ1v) is 7.97. The van der Waals surface area contributed by atoms with Crippen LogP contribution < -0.4 is 16.0 Å². The van der Waals surface area contributed by atoms with Gasteiger partial charge in [0, 0.05) is 39.0 Å². The minimum atomic E-state index is -0.0195. The van der Waals surface area contributed by atoms with Crippen molar-refractivity contribution in [2.45, 2.75) is 13.8 Å². The molecule has 0 aliphatic rings. The van der Waals surface area contributed by atoms with Crippen LogP contribution in [0.4, 0.5) is 15.9 Å². The van der Waals surface area contributed by atoms with E-state index in [1.54, 1.807) is 30.8 Å². The topological polar surface area (TPSA) is 46.5 Å². The molecule has 130 valence electrons. The lowest BCUT2D eigenvalue weighted by Crippen LogP contribution is -2.18. The van der Waals surface area contributed by atoms with E-state index >= 15 is 0 Å². The molecule has 0 aliphatic heterocycles. The smallest absolute Gasteiger partial charge is 0.253 e. The van der Waals surface area contributed by atoms with Gasteiger partial charge in [-0.3, -0.25) is 4.79 Å². The molecule has 2 rings (SSSR count). The molecule has 0 saturated carbocycles. The Morgan fingerprint density at radius 3 is 2.67 bits per heavy atom. The number of rotatable bonds is 7. The van der Waals surface area contributed by atoms with Crippen LogP contribution in [0.1, 0.15) is 12.5 Å². The summed E-state index contributed by atoms with van der Waals surface area (Å²) in [6.07, 6.45) is 1.79. The second-order valence-corrected chi connectivity index (χ2v) is 5.66. The second-order valence-electron chi connectivity index (χ2n) is 5.66. The summed E-state index contributed by atoms with van der Waals surface area (Å²) in [6.45, 7) is 5.51. The number of benzene rings is 1. The van der Waals surface area contributed by atoms with Gasteiger partial charge in [-0.25, -0.2) is 5.12 Å². The van der Waals surface area contributed by atoms with E-state index in [-0.39, 0.29) is 5.56 Å². The highest BCUT2D eigenvalue weighted by Gasteiger charge is 2.10. The Bertz CT molecular complexity index is 730. The first kappa shape index (κ1) is 18.0. The van der Waals surface area contributed by atoms with Crippen molar-refractivity contribution in [2.75, 3.05) is 37.2 Å². The molecule has 0 amide bonds. The van der Waals surface area contributed by atoms with Crippen molar-refractivity contribution >= 4 is 11.4 Å². The van der Waals surface area contributed by atoms with Crippen molar-refractivity contribution in [3.63, 3.8) is 0 Å². The summed E-state index contributed by atoms with van der Waals surface area (Å²) in [7, 11) is 3.09. The molecule has 0 radical (unpaired) electrons. The zero-order valence-electron chi connectivity index (χ0n) is 14.6. The van der Waals surface area contributed by atoms with Crippen LogP contribution in [-0.2, 0) is 11.8 Å². The van der Waals surface area contributed by atoms with E-state index in [4.69, 9.17) is 4.74 Å². The molecule has 0 spiro atoms. The molecule has 1 N–H and O–H groups in total. The lowest BCUT2D eigenvalue weighted by molar-refractivity contribution is 0.158. The molecule has 0 aliphatic carbocycles. The van der Waals surface area contributed by atoms with Crippen LogP contribution in [0.3, 0.4) is 0 Å². The average Bonchev–Trinajstić information content (AvgIpc) is 2.55. The number of anilines is 2. The Labute approximate surface area is 141 Å². The molecule has 0 fully saturated rings. The minimum absolute atomic E-state index is 0.0195. The summed E-state index contributed by atoms with van der Waals surface area (Å²) in [5.74, 6) is 0. The van der Waals surface area contributed by atoms with E-state index in [1.165, 1.54) is 7.05 Å². The Hall–Kier alpha value is -2.34. The normalized spacial score (nSPS) is 10.7. The van der Waals surface area contributed by atoms with Gasteiger partial charge < -0.3 is 14.6 Å². The maximum absolute atomic E-state index is 13.7. The van der Waals surface area contributed by atoms with Crippen molar-refractivity contribution in [2.24, 2.45) is 7.05 Å².